The van der Waals surface area contributed by atoms with Crippen LogP contribution < -0.4 is 10.6 Å². The third-order valence-electron chi connectivity index (χ3n) is 2.86. The fourth-order valence-corrected chi connectivity index (χ4v) is 1.82. The maximum atomic E-state index is 12.0. The average molecular weight is 381 g/mol. The molecule has 1 aromatic carbocycles. The minimum absolute atomic E-state index is 0.229. The van der Waals surface area contributed by atoms with Crippen LogP contribution in [0.5, 0.6) is 0 Å². The minimum atomic E-state index is -1.09. The number of benzene rings is 1. The third kappa shape index (κ3) is 7.10. The molecule has 0 heterocycles. The minimum Gasteiger partial charge on any atom is -0.465 e. The lowest BCUT2D eigenvalue weighted by Crippen LogP contribution is -2.49. The quantitative estimate of drug-likeness (QED) is 0.437. The molecule has 0 aromatic heterocycles. The number of methoxy groups -OCH3 is 1. The molecule has 146 valence electrons. The highest BCUT2D eigenvalue weighted by Gasteiger charge is 2.21. The smallest absolute Gasteiger partial charge is 0.338 e. The number of urea groups is 1. The van der Waals surface area contributed by atoms with Crippen LogP contribution in [0.15, 0.2) is 18.2 Å². The predicted molar refractivity (Wildman–Crippen MR) is 91.1 cm³/mol. The van der Waals surface area contributed by atoms with E-state index in [9.17, 15) is 29.3 Å². The fourth-order valence-electron chi connectivity index (χ4n) is 1.82. The lowest BCUT2D eigenvalue weighted by molar-refractivity contribution is -0.384. The Labute approximate surface area is 154 Å². The first-order valence-corrected chi connectivity index (χ1v) is 7.60. The van der Waals surface area contributed by atoms with Gasteiger partial charge < -0.3 is 14.8 Å². The van der Waals surface area contributed by atoms with E-state index in [2.05, 4.69) is 10.1 Å². The molecule has 0 aliphatic carbocycles. The largest absolute Gasteiger partial charge is 0.465 e. The topological polar surface area (TPSA) is 154 Å². The second-order valence-electron chi connectivity index (χ2n) is 6.35. The molecule has 2 N–H and O–H groups in total. The average Bonchev–Trinajstić information content (AvgIpc) is 2.56. The zero-order chi connectivity index (χ0) is 20.8. The molecule has 0 fully saturated rings. The van der Waals surface area contributed by atoms with Gasteiger partial charge in [-0.1, -0.05) is 0 Å². The van der Waals surface area contributed by atoms with Crippen molar-refractivity contribution < 1.29 is 33.6 Å². The molecule has 0 atom stereocenters. The number of nitro groups is 1. The molecule has 0 saturated carbocycles. The van der Waals surface area contributed by atoms with Gasteiger partial charge in [0.2, 0.25) is 0 Å². The molecule has 0 saturated heterocycles. The van der Waals surface area contributed by atoms with Crippen molar-refractivity contribution in [2.24, 2.45) is 0 Å². The number of carbonyl (C=O) groups is 4. The molecule has 0 spiro atoms. The first kappa shape index (κ1) is 21.5. The molecule has 3 amide bonds. The fraction of sp³-hybridized carbons (Fsp3) is 0.375. The Morgan fingerprint density at radius 2 is 1.63 bits per heavy atom. The Kier molecular flexibility index (Phi) is 6.97. The zero-order valence-corrected chi connectivity index (χ0v) is 15.2. The predicted octanol–water partition coefficient (Wildman–Crippen LogP) is 1.16. The second-order valence-corrected chi connectivity index (χ2v) is 6.35. The van der Waals surface area contributed by atoms with E-state index in [-0.39, 0.29) is 11.1 Å². The van der Waals surface area contributed by atoms with Gasteiger partial charge in [-0.05, 0) is 26.8 Å². The number of hydrogen-bond acceptors (Lipinski definition) is 8. The number of non-ortho nitro benzene ring substituents is 1. The number of hydrogen-bond donors (Lipinski definition) is 2. The van der Waals surface area contributed by atoms with Crippen LogP contribution in [0.2, 0.25) is 0 Å². The summed E-state index contributed by atoms with van der Waals surface area (Å²) in [4.78, 5) is 56.9. The molecule has 0 aliphatic rings. The van der Waals surface area contributed by atoms with Crippen molar-refractivity contribution in [3.05, 3.63) is 39.4 Å². The Morgan fingerprint density at radius 1 is 1.07 bits per heavy atom. The van der Waals surface area contributed by atoms with Gasteiger partial charge in [-0.2, -0.15) is 0 Å². The van der Waals surface area contributed by atoms with Crippen LogP contribution >= 0.6 is 0 Å². The number of nitrogens with one attached hydrogen (secondary N) is 2. The monoisotopic (exact) mass is 381 g/mol. The lowest BCUT2D eigenvalue weighted by atomic mass is 10.1. The van der Waals surface area contributed by atoms with Crippen LogP contribution in [-0.4, -0.2) is 48.1 Å². The van der Waals surface area contributed by atoms with Crippen LogP contribution in [0.3, 0.4) is 0 Å². The molecular formula is C16H19N3O8. The van der Waals surface area contributed by atoms with Gasteiger partial charge in [0, 0.05) is 17.7 Å². The summed E-state index contributed by atoms with van der Waals surface area (Å²) in [6.07, 6.45) is 0. The lowest BCUT2D eigenvalue weighted by Gasteiger charge is -2.20. The van der Waals surface area contributed by atoms with Gasteiger partial charge in [0.1, 0.15) is 0 Å². The van der Waals surface area contributed by atoms with Crippen molar-refractivity contribution >= 4 is 29.6 Å². The summed E-state index contributed by atoms with van der Waals surface area (Å²) in [5.74, 6) is -2.87. The molecule has 0 aliphatic heterocycles. The molecule has 27 heavy (non-hydrogen) atoms. The van der Waals surface area contributed by atoms with Gasteiger partial charge in [0.15, 0.2) is 6.61 Å². The highest BCUT2D eigenvalue weighted by atomic mass is 16.6. The van der Waals surface area contributed by atoms with Crippen LogP contribution in [0, 0.1) is 10.1 Å². The number of ether oxygens (including phenoxy) is 2. The summed E-state index contributed by atoms with van der Waals surface area (Å²) < 4.78 is 9.18. The first-order chi connectivity index (χ1) is 12.4. The van der Waals surface area contributed by atoms with E-state index in [0.717, 1.165) is 25.3 Å². The van der Waals surface area contributed by atoms with E-state index in [0.29, 0.717) is 0 Å². The molecule has 11 nitrogen and oxygen atoms in total. The van der Waals surface area contributed by atoms with Gasteiger partial charge >= 0.3 is 18.0 Å². The molecule has 0 unspecified atom stereocenters. The standard InChI is InChI=1S/C16H19N3O8/c1-16(2,3)18-15(23)17-12(20)8-27-14(22)10-5-9(13(21)26-4)6-11(7-10)19(24)25/h5-7H,8H2,1-4H3,(H2,17,18,20,23). The SMILES string of the molecule is COC(=O)c1cc(C(=O)OCC(=O)NC(=O)NC(C)(C)C)cc([N+](=O)[O-])c1. The zero-order valence-electron chi connectivity index (χ0n) is 15.2. The Hall–Kier alpha value is -3.50. The summed E-state index contributed by atoms with van der Waals surface area (Å²) in [6, 6.07) is 2.09. The van der Waals surface area contributed by atoms with Gasteiger partial charge in [-0.3, -0.25) is 20.2 Å². The number of nitrogens with zero attached hydrogens (tertiary/aromatic N) is 1. The normalized spacial score (nSPS) is 10.5. The molecule has 0 bridgehead atoms. The number of carbonyl (C=O) groups excluding carboxylic acids is 4. The summed E-state index contributed by atoms with van der Waals surface area (Å²) in [5, 5.41) is 15.4. The summed E-state index contributed by atoms with van der Waals surface area (Å²) in [5.41, 5.74) is -1.66. The summed E-state index contributed by atoms with van der Waals surface area (Å²) >= 11 is 0. The van der Waals surface area contributed by atoms with Crippen LogP contribution in [0.25, 0.3) is 0 Å². The number of rotatable bonds is 5. The van der Waals surface area contributed by atoms with Crippen molar-refractivity contribution in [2.75, 3.05) is 13.7 Å². The van der Waals surface area contributed by atoms with Gasteiger partial charge in [-0.25, -0.2) is 14.4 Å². The highest BCUT2D eigenvalue weighted by Crippen LogP contribution is 2.18. The van der Waals surface area contributed by atoms with Crippen molar-refractivity contribution in [1.82, 2.24) is 10.6 Å². The Bertz CT molecular complexity index is 782. The maximum Gasteiger partial charge on any atom is 0.338 e. The van der Waals surface area contributed by atoms with Crippen LogP contribution in [-0.2, 0) is 14.3 Å². The number of esters is 2. The number of amides is 3. The van der Waals surface area contributed by atoms with Gasteiger partial charge in [0.05, 0.1) is 23.2 Å². The van der Waals surface area contributed by atoms with Gasteiger partial charge in [0.25, 0.3) is 11.6 Å². The van der Waals surface area contributed by atoms with E-state index in [1.807, 2.05) is 5.32 Å². The number of imide groups is 1. The van der Waals surface area contributed by atoms with Gasteiger partial charge in [-0.15, -0.1) is 0 Å². The molecule has 1 rings (SSSR count). The molecule has 11 heteroatoms. The molecule has 0 radical (unpaired) electrons. The molecular weight excluding hydrogens is 362 g/mol. The third-order valence-corrected chi connectivity index (χ3v) is 2.86. The Balaban J connectivity index is 2.80. The second kappa shape index (κ2) is 8.74. The van der Waals surface area contributed by atoms with Crippen LogP contribution in [0.4, 0.5) is 10.5 Å². The summed E-state index contributed by atoms with van der Waals surface area (Å²) in [6.45, 7) is 4.32. The van der Waals surface area contributed by atoms with Crippen molar-refractivity contribution in [2.45, 2.75) is 26.3 Å². The summed E-state index contributed by atoms with van der Waals surface area (Å²) in [7, 11) is 1.08. The van der Waals surface area contributed by atoms with E-state index in [4.69, 9.17) is 4.74 Å². The van der Waals surface area contributed by atoms with Crippen LogP contribution in [0.1, 0.15) is 41.5 Å². The highest BCUT2D eigenvalue weighted by molar-refractivity contribution is 5.99. The van der Waals surface area contributed by atoms with Crippen molar-refractivity contribution in [1.29, 1.82) is 0 Å². The molecule has 1 aromatic rings. The van der Waals surface area contributed by atoms with E-state index < -0.39 is 46.6 Å². The van der Waals surface area contributed by atoms with E-state index >= 15 is 0 Å². The van der Waals surface area contributed by atoms with E-state index in [1.165, 1.54) is 0 Å². The number of nitro benzene ring substituents is 1. The van der Waals surface area contributed by atoms with Crippen molar-refractivity contribution in [3.63, 3.8) is 0 Å². The maximum absolute atomic E-state index is 12.0. The van der Waals surface area contributed by atoms with Crippen molar-refractivity contribution in [3.8, 4) is 0 Å². The van der Waals surface area contributed by atoms with E-state index in [1.54, 1.807) is 20.8 Å². The first-order valence-electron chi connectivity index (χ1n) is 7.60. The Morgan fingerprint density at radius 3 is 2.11 bits per heavy atom.